The van der Waals surface area contributed by atoms with E-state index in [-0.39, 0.29) is 12.8 Å². The van der Waals surface area contributed by atoms with Crippen LogP contribution in [0.5, 0.6) is 0 Å². The van der Waals surface area contributed by atoms with Crippen molar-refractivity contribution < 1.29 is 52.9 Å². The number of carbonyl (C=O) groups is 7. The number of hydrogen-bond donors (Lipinski definition) is 5. The highest BCUT2D eigenvalue weighted by atomic mass is 16.6. The summed E-state index contributed by atoms with van der Waals surface area (Å²) in [5.41, 5.74) is 0.759. The van der Waals surface area contributed by atoms with Crippen LogP contribution in [0.2, 0.25) is 0 Å². The number of nitrogens with one attached hydrogen (secondary N) is 4. The number of benzene rings is 1. The quantitative estimate of drug-likeness (QED) is 0.132. The minimum atomic E-state index is -1.48. The molecule has 0 spiro atoms. The van der Waals surface area contributed by atoms with Crippen LogP contribution in [0.25, 0.3) is 0 Å². The van der Waals surface area contributed by atoms with E-state index in [9.17, 15) is 38.7 Å². The highest BCUT2D eigenvalue weighted by Gasteiger charge is 2.40. The first-order chi connectivity index (χ1) is 25.1. The molecule has 0 fully saturated rings. The Bertz CT molecular complexity index is 1420. The van der Waals surface area contributed by atoms with Gasteiger partial charge in [-0.1, -0.05) is 83.4 Å². The fourth-order valence-electron chi connectivity index (χ4n) is 5.52. The van der Waals surface area contributed by atoms with Crippen LogP contribution in [0, 0.1) is 11.8 Å². The molecule has 0 radical (unpaired) electrons. The molecule has 0 saturated carbocycles. The Morgan fingerprint density at radius 1 is 0.906 bits per heavy atom. The van der Waals surface area contributed by atoms with Crippen LogP contribution in [-0.2, 0) is 54.2 Å². The summed E-state index contributed by atoms with van der Waals surface area (Å²) in [7, 11) is 0. The molecule has 53 heavy (non-hydrogen) atoms. The Morgan fingerprint density at radius 3 is 2.19 bits per heavy atom. The van der Waals surface area contributed by atoms with E-state index in [1.165, 1.54) is 26.0 Å². The first-order valence-corrected chi connectivity index (χ1v) is 18.2. The smallest absolute Gasteiger partial charge is 0.333 e. The van der Waals surface area contributed by atoms with Gasteiger partial charge in [0, 0.05) is 33.2 Å². The summed E-state index contributed by atoms with van der Waals surface area (Å²) in [6.45, 7) is 8.94. The predicted molar refractivity (Wildman–Crippen MR) is 194 cm³/mol. The van der Waals surface area contributed by atoms with E-state index in [1.54, 1.807) is 52.0 Å². The average molecular weight is 745 g/mol. The summed E-state index contributed by atoms with van der Waals surface area (Å²) in [6, 6.07) is 4.76. The fourth-order valence-corrected chi connectivity index (χ4v) is 5.52. The minimum absolute atomic E-state index is 0.0682. The van der Waals surface area contributed by atoms with Crippen LogP contribution in [-0.4, -0.2) is 96.2 Å². The molecule has 1 aromatic rings. The lowest BCUT2D eigenvalue weighted by Crippen LogP contribution is -2.56. The first-order valence-electron chi connectivity index (χ1n) is 18.2. The van der Waals surface area contributed by atoms with Crippen LogP contribution in [0.4, 0.5) is 0 Å². The molecule has 5 N–H and O–H groups in total. The van der Waals surface area contributed by atoms with Crippen molar-refractivity contribution in [2.45, 2.75) is 123 Å². The van der Waals surface area contributed by atoms with Crippen LogP contribution >= 0.6 is 0 Å². The molecule has 1 heterocycles. The van der Waals surface area contributed by atoms with Crippen LogP contribution < -0.4 is 21.3 Å². The van der Waals surface area contributed by atoms with Crippen LogP contribution in [0.1, 0.15) is 85.6 Å². The number of rotatable bonds is 10. The lowest BCUT2D eigenvalue weighted by molar-refractivity contribution is -0.167. The van der Waals surface area contributed by atoms with E-state index < -0.39 is 96.4 Å². The molecule has 2 rings (SSSR count). The number of amides is 4. The predicted octanol–water partition coefficient (Wildman–Crippen LogP) is 1.79. The van der Waals surface area contributed by atoms with Gasteiger partial charge in [0.05, 0.1) is 6.10 Å². The van der Waals surface area contributed by atoms with Gasteiger partial charge in [0.25, 0.3) is 5.91 Å². The summed E-state index contributed by atoms with van der Waals surface area (Å²) in [5.74, 6) is -5.98. The van der Waals surface area contributed by atoms with E-state index in [4.69, 9.17) is 14.2 Å². The second-order valence-corrected chi connectivity index (χ2v) is 13.8. The van der Waals surface area contributed by atoms with Gasteiger partial charge in [-0.25, -0.2) is 14.4 Å². The van der Waals surface area contributed by atoms with Crippen molar-refractivity contribution in [3.05, 3.63) is 48.0 Å². The second kappa shape index (κ2) is 23.0. The topological polar surface area (TPSA) is 216 Å². The van der Waals surface area contributed by atoms with Crippen molar-refractivity contribution in [1.29, 1.82) is 0 Å². The van der Waals surface area contributed by atoms with E-state index in [1.807, 2.05) is 6.07 Å². The first kappa shape index (κ1) is 44.4. The summed E-state index contributed by atoms with van der Waals surface area (Å²) >= 11 is 0. The number of cyclic esters (lactones) is 2. The maximum absolute atomic E-state index is 13.6. The van der Waals surface area contributed by atoms with Crippen molar-refractivity contribution >= 4 is 41.5 Å². The highest BCUT2D eigenvalue weighted by molar-refractivity contribution is 5.89. The SMILES string of the molecule is CC(=O)N[C@H]1/C=C\COC(=O)[C@H]([C@H](OC(=O)[C@@H](NC(C)=O)[C@H](O)C(C)C)C(C)C)NC(=O)CCCCCCCNC(=O)[C@@H](Cc2ccccc2)OC1=O. The monoisotopic (exact) mass is 744 g/mol. The van der Waals surface area contributed by atoms with E-state index in [0.717, 1.165) is 18.4 Å². The number of carbonyl (C=O) groups excluding carboxylic acids is 7. The van der Waals surface area contributed by atoms with Gasteiger partial charge in [-0.05, 0) is 36.3 Å². The highest BCUT2D eigenvalue weighted by Crippen LogP contribution is 2.18. The zero-order valence-corrected chi connectivity index (χ0v) is 31.6. The van der Waals surface area contributed by atoms with Crippen molar-refractivity contribution in [3.63, 3.8) is 0 Å². The maximum atomic E-state index is 13.6. The molecule has 0 aliphatic carbocycles. The lowest BCUT2D eigenvalue weighted by atomic mass is 9.97. The van der Waals surface area contributed by atoms with Crippen LogP contribution in [0.15, 0.2) is 42.5 Å². The number of aliphatic hydroxyl groups is 1. The number of esters is 3. The molecule has 15 heteroatoms. The Morgan fingerprint density at radius 2 is 1.57 bits per heavy atom. The number of hydrogen-bond acceptors (Lipinski definition) is 11. The molecule has 6 atom stereocenters. The molecule has 0 aromatic heterocycles. The number of ether oxygens (including phenoxy) is 3. The van der Waals surface area contributed by atoms with Gasteiger partial charge < -0.3 is 40.6 Å². The summed E-state index contributed by atoms with van der Waals surface area (Å²) in [6.07, 6.45) is 2.27. The molecule has 0 saturated heterocycles. The third-order valence-electron chi connectivity index (χ3n) is 8.40. The minimum Gasteiger partial charge on any atom is -0.460 e. The van der Waals surface area contributed by atoms with Gasteiger partial charge in [-0.3, -0.25) is 19.2 Å². The van der Waals surface area contributed by atoms with E-state index in [0.29, 0.717) is 25.8 Å². The Hall–Kier alpha value is -4.79. The van der Waals surface area contributed by atoms with Crippen molar-refractivity contribution in [1.82, 2.24) is 21.3 Å². The van der Waals surface area contributed by atoms with Crippen LogP contribution in [0.3, 0.4) is 0 Å². The molecular formula is C38H56N4O11. The van der Waals surface area contributed by atoms with E-state index in [2.05, 4.69) is 21.3 Å². The molecule has 1 aromatic carbocycles. The lowest BCUT2D eigenvalue weighted by Gasteiger charge is -2.32. The Balaban J connectivity index is 2.38. The van der Waals surface area contributed by atoms with Gasteiger partial charge in [-0.2, -0.15) is 0 Å². The fraction of sp³-hybridized carbons (Fsp3) is 0.605. The molecule has 1 aliphatic rings. The van der Waals surface area contributed by atoms with E-state index >= 15 is 0 Å². The van der Waals surface area contributed by atoms with Crippen molar-refractivity contribution in [2.24, 2.45) is 11.8 Å². The third kappa shape index (κ3) is 16.2. The van der Waals surface area contributed by atoms with Crippen molar-refractivity contribution in [3.8, 4) is 0 Å². The van der Waals surface area contributed by atoms with Gasteiger partial charge in [0.15, 0.2) is 18.2 Å². The van der Waals surface area contributed by atoms with Gasteiger partial charge in [-0.15, -0.1) is 0 Å². The Kier molecular flexibility index (Phi) is 19.3. The molecule has 0 unspecified atom stereocenters. The van der Waals surface area contributed by atoms with Gasteiger partial charge >= 0.3 is 17.9 Å². The third-order valence-corrected chi connectivity index (χ3v) is 8.40. The molecule has 1 aliphatic heterocycles. The molecule has 0 bridgehead atoms. The van der Waals surface area contributed by atoms with Gasteiger partial charge in [0.2, 0.25) is 17.7 Å². The molecule has 294 valence electrons. The standard InChI is InChI=1S/C38H56N4O11/c1-23(2)33(46)31(41-26(6)44)38(50)53-34(24(3)4)32-37(49)51-21-15-18-28(40-25(5)43)36(48)52-29(22-27-16-11-10-12-17-27)35(47)39-20-14-9-7-8-13-19-30(45)42-32/h10-12,15-18,23-24,28-29,31-34,46H,7-9,13-14,19-22H2,1-6H3,(H,39,47)(H,40,43)(H,41,44)(H,42,45)/b18-15-/t28-,29+,31-,32-,33+,34+/m0/s1. The molecular weight excluding hydrogens is 688 g/mol. The largest absolute Gasteiger partial charge is 0.460 e. The average Bonchev–Trinajstić information content (AvgIpc) is 3.09. The zero-order valence-electron chi connectivity index (χ0n) is 31.6. The van der Waals surface area contributed by atoms with Gasteiger partial charge in [0.1, 0.15) is 18.8 Å². The molecule has 4 amide bonds. The summed E-state index contributed by atoms with van der Waals surface area (Å²) < 4.78 is 16.8. The van der Waals surface area contributed by atoms with Crippen molar-refractivity contribution in [2.75, 3.05) is 13.2 Å². The zero-order chi connectivity index (χ0) is 39.5. The summed E-state index contributed by atoms with van der Waals surface area (Å²) in [5, 5.41) is 21.0. The second-order valence-electron chi connectivity index (χ2n) is 13.8. The molecule has 15 nitrogen and oxygen atoms in total. The summed E-state index contributed by atoms with van der Waals surface area (Å²) in [4.78, 5) is 90.4. The normalized spacial score (nSPS) is 22.4. The maximum Gasteiger partial charge on any atom is 0.333 e. The number of aliphatic hydroxyl groups excluding tert-OH is 1. The Labute approximate surface area is 311 Å².